The number of amides is 2. The topological polar surface area (TPSA) is 142 Å². The van der Waals surface area contributed by atoms with E-state index in [4.69, 9.17) is 14.9 Å². The Hall–Kier alpha value is -2.42. The largest absolute Gasteiger partial charge is 0.480 e. The van der Waals surface area contributed by atoms with E-state index in [1.165, 1.54) is 83.5 Å². The van der Waals surface area contributed by atoms with E-state index >= 15 is 0 Å². The van der Waals surface area contributed by atoms with Crippen molar-refractivity contribution in [3.63, 3.8) is 0 Å². The fourth-order valence-corrected chi connectivity index (χ4v) is 5.06. The van der Waals surface area contributed by atoms with Gasteiger partial charge in [-0.25, -0.2) is 4.79 Å². The van der Waals surface area contributed by atoms with Gasteiger partial charge in [0, 0.05) is 12.8 Å². The first-order valence-corrected chi connectivity index (χ1v) is 17.6. The van der Waals surface area contributed by atoms with Gasteiger partial charge in [0.05, 0.1) is 13.2 Å². The second-order valence-electron chi connectivity index (χ2n) is 12.0. The van der Waals surface area contributed by atoms with Crippen LogP contribution in [-0.2, 0) is 23.9 Å². The Bertz CT molecular complexity index is 772. The highest BCUT2D eigenvalue weighted by Crippen LogP contribution is 2.16. The number of carboxylic acid groups (broad SMARTS) is 1. The maximum absolute atomic E-state index is 12.4. The normalized spacial score (nSPS) is 12.6. The van der Waals surface area contributed by atoms with Crippen molar-refractivity contribution in [3.8, 4) is 0 Å². The maximum atomic E-state index is 12.4. The number of carboxylic acids is 1. The standard InChI is InChI=1S/C35H64N2O7/c1-3-5-6-7-8-9-10-11-12-13-14-15-16-17-18-19-23-27-34(41)44-30(24-4-2)25-21-20-22-26-32(39)36-28-33(40)37-31(29-38)35(42)43/h11-12,30-31,38H,3-10,13-29H2,1-2H3,(H,36,39)(H,37,40)(H,42,43)/b12-11-. The highest BCUT2D eigenvalue weighted by Gasteiger charge is 2.19. The molecular formula is C35H64N2O7. The molecular weight excluding hydrogens is 560 g/mol. The van der Waals surface area contributed by atoms with Gasteiger partial charge < -0.3 is 25.6 Å². The Balaban J connectivity index is 3.77. The first-order chi connectivity index (χ1) is 21.3. The molecule has 0 fully saturated rings. The number of aliphatic hydroxyl groups excluding tert-OH is 1. The van der Waals surface area contributed by atoms with Crippen LogP contribution in [0.15, 0.2) is 12.2 Å². The van der Waals surface area contributed by atoms with Gasteiger partial charge in [0.15, 0.2) is 0 Å². The van der Waals surface area contributed by atoms with Crippen molar-refractivity contribution in [3.05, 3.63) is 12.2 Å². The molecule has 0 aromatic rings. The van der Waals surface area contributed by atoms with Crippen molar-refractivity contribution >= 4 is 23.8 Å². The van der Waals surface area contributed by atoms with E-state index in [0.717, 1.165) is 44.9 Å². The zero-order valence-corrected chi connectivity index (χ0v) is 27.9. The van der Waals surface area contributed by atoms with Crippen LogP contribution in [0.3, 0.4) is 0 Å². The number of aliphatic carboxylic acids is 1. The number of allylic oxidation sites excluding steroid dienone is 2. The lowest BCUT2D eigenvalue weighted by Gasteiger charge is -2.17. The number of ether oxygens (including phenoxy) is 1. The Morgan fingerprint density at radius 1 is 0.659 bits per heavy atom. The number of aliphatic hydroxyl groups is 1. The van der Waals surface area contributed by atoms with Crippen molar-refractivity contribution in [1.29, 1.82) is 0 Å². The summed E-state index contributed by atoms with van der Waals surface area (Å²) in [5, 5.41) is 22.3. The number of unbranched alkanes of at least 4 members (excludes halogenated alkanes) is 15. The van der Waals surface area contributed by atoms with Crippen LogP contribution in [0.1, 0.15) is 162 Å². The van der Waals surface area contributed by atoms with Crippen LogP contribution in [0.4, 0.5) is 0 Å². The van der Waals surface area contributed by atoms with E-state index in [-0.39, 0.29) is 30.9 Å². The molecule has 2 amide bonds. The Labute approximate surface area is 267 Å². The second-order valence-corrected chi connectivity index (χ2v) is 12.0. The minimum absolute atomic E-state index is 0.0847. The summed E-state index contributed by atoms with van der Waals surface area (Å²) in [7, 11) is 0. The first kappa shape index (κ1) is 41.6. The predicted octanol–water partition coefficient (Wildman–Crippen LogP) is 7.14. The fraction of sp³-hybridized carbons (Fsp3) is 0.829. The lowest BCUT2D eigenvalue weighted by atomic mass is 10.0. The summed E-state index contributed by atoms with van der Waals surface area (Å²) in [5.74, 6) is -2.41. The highest BCUT2D eigenvalue weighted by atomic mass is 16.5. The molecule has 0 spiro atoms. The number of carbonyl (C=O) groups excluding carboxylic acids is 3. The molecule has 9 nitrogen and oxygen atoms in total. The van der Waals surface area contributed by atoms with Crippen molar-refractivity contribution in [2.75, 3.05) is 13.2 Å². The average Bonchev–Trinajstić information content (AvgIpc) is 3.00. The van der Waals surface area contributed by atoms with Crippen LogP contribution in [0, 0.1) is 0 Å². The average molecular weight is 625 g/mol. The molecule has 0 aromatic heterocycles. The number of hydrogen-bond donors (Lipinski definition) is 4. The van der Waals surface area contributed by atoms with Gasteiger partial charge in [-0.2, -0.15) is 0 Å². The molecule has 0 aromatic carbocycles. The predicted molar refractivity (Wildman–Crippen MR) is 176 cm³/mol. The summed E-state index contributed by atoms with van der Waals surface area (Å²) < 4.78 is 5.74. The molecule has 0 saturated carbocycles. The number of carbonyl (C=O) groups is 4. The molecule has 2 atom stereocenters. The van der Waals surface area contributed by atoms with E-state index < -0.39 is 24.5 Å². The van der Waals surface area contributed by atoms with Crippen LogP contribution >= 0.6 is 0 Å². The molecule has 0 aliphatic carbocycles. The van der Waals surface area contributed by atoms with Gasteiger partial charge >= 0.3 is 11.9 Å². The third-order valence-corrected chi connectivity index (χ3v) is 7.74. The van der Waals surface area contributed by atoms with Gasteiger partial charge in [0.1, 0.15) is 12.1 Å². The minimum atomic E-state index is -1.39. The van der Waals surface area contributed by atoms with E-state index in [1.54, 1.807) is 0 Å². The summed E-state index contributed by atoms with van der Waals surface area (Å²) in [4.78, 5) is 46.8. The summed E-state index contributed by atoms with van der Waals surface area (Å²) >= 11 is 0. The van der Waals surface area contributed by atoms with E-state index in [9.17, 15) is 19.2 Å². The fourth-order valence-electron chi connectivity index (χ4n) is 5.06. The van der Waals surface area contributed by atoms with Crippen LogP contribution in [0.5, 0.6) is 0 Å². The summed E-state index contributed by atoms with van der Waals surface area (Å²) in [6, 6.07) is -1.39. The smallest absolute Gasteiger partial charge is 0.328 e. The number of esters is 1. The van der Waals surface area contributed by atoms with Crippen molar-refractivity contribution < 1.29 is 34.1 Å². The first-order valence-electron chi connectivity index (χ1n) is 17.6. The van der Waals surface area contributed by atoms with E-state index in [2.05, 4.69) is 36.6 Å². The maximum Gasteiger partial charge on any atom is 0.328 e. The third-order valence-electron chi connectivity index (χ3n) is 7.74. The van der Waals surface area contributed by atoms with Crippen molar-refractivity contribution in [2.45, 2.75) is 174 Å². The van der Waals surface area contributed by atoms with Gasteiger partial charge in [0.2, 0.25) is 11.8 Å². The monoisotopic (exact) mass is 624 g/mol. The highest BCUT2D eigenvalue weighted by molar-refractivity contribution is 5.87. The van der Waals surface area contributed by atoms with E-state index in [0.29, 0.717) is 12.8 Å². The number of nitrogens with one attached hydrogen (secondary N) is 2. The Kier molecular flexibility index (Phi) is 28.9. The summed E-state index contributed by atoms with van der Waals surface area (Å²) in [6.45, 7) is 3.28. The lowest BCUT2D eigenvalue weighted by molar-refractivity contribution is -0.150. The van der Waals surface area contributed by atoms with Crippen LogP contribution in [-0.4, -0.2) is 59.3 Å². The molecule has 0 aliphatic rings. The van der Waals surface area contributed by atoms with Crippen LogP contribution in [0.25, 0.3) is 0 Å². The van der Waals surface area contributed by atoms with Gasteiger partial charge in [-0.05, 0) is 57.8 Å². The molecule has 0 bridgehead atoms. The van der Waals surface area contributed by atoms with Gasteiger partial charge in [-0.1, -0.05) is 103 Å². The van der Waals surface area contributed by atoms with E-state index in [1.807, 2.05) is 0 Å². The quantitative estimate of drug-likeness (QED) is 0.0365. The summed E-state index contributed by atoms with van der Waals surface area (Å²) in [6.07, 6.45) is 29.0. The molecule has 0 heterocycles. The molecule has 0 radical (unpaired) electrons. The van der Waals surface area contributed by atoms with Gasteiger partial charge in [0.25, 0.3) is 0 Å². The Morgan fingerprint density at radius 3 is 1.77 bits per heavy atom. The molecule has 44 heavy (non-hydrogen) atoms. The van der Waals surface area contributed by atoms with Crippen LogP contribution < -0.4 is 10.6 Å². The molecule has 0 saturated heterocycles. The lowest BCUT2D eigenvalue weighted by Crippen LogP contribution is -2.47. The third kappa shape index (κ3) is 27.2. The zero-order valence-electron chi connectivity index (χ0n) is 27.9. The van der Waals surface area contributed by atoms with Crippen molar-refractivity contribution in [1.82, 2.24) is 10.6 Å². The van der Waals surface area contributed by atoms with Crippen molar-refractivity contribution in [2.24, 2.45) is 0 Å². The second kappa shape index (κ2) is 30.6. The summed E-state index contributed by atoms with van der Waals surface area (Å²) in [5.41, 5.74) is 0. The Morgan fingerprint density at radius 2 is 1.20 bits per heavy atom. The number of hydrogen-bond acceptors (Lipinski definition) is 6. The molecule has 9 heteroatoms. The molecule has 0 rings (SSSR count). The molecule has 4 N–H and O–H groups in total. The molecule has 0 aliphatic heterocycles. The zero-order chi connectivity index (χ0) is 32.7. The minimum Gasteiger partial charge on any atom is -0.480 e. The molecule has 2 unspecified atom stereocenters. The van der Waals surface area contributed by atoms with Gasteiger partial charge in [-0.3, -0.25) is 14.4 Å². The van der Waals surface area contributed by atoms with Gasteiger partial charge in [-0.15, -0.1) is 0 Å². The van der Waals surface area contributed by atoms with Crippen LogP contribution in [0.2, 0.25) is 0 Å². The molecule has 256 valence electrons. The number of rotatable bonds is 31. The SMILES string of the molecule is CCCCCCCC/C=C\CCCCCCCCCC(=O)OC(CCC)CCCCCC(=O)NCC(=O)NC(CO)C(=O)O.